The molecule has 1 amide bonds. The van der Waals surface area contributed by atoms with Crippen LogP contribution in [0.25, 0.3) is 11.1 Å². The van der Waals surface area contributed by atoms with Crippen molar-refractivity contribution in [3.8, 4) is 22.6 Å². The monoisotopic (exact) mass is 415 g/mol. The minimum Gasteiger partial charge on any atom is -0.497 e. The van der Waals surface area contributed by atoms with E-state index in [-0.39, 0.29) is 12.5 Å². The van der Waals surface area contributed by atoms with Gasteiger partial charge in [0.1, 0.15) is 11.5 Å². The van der Waals surface area contributed by atoms with Crippen molar-refractivity contribution >= 4 is 5.91 Å². The summed E-state index contributed by atoms with van der Waals surface area (Å²) in [6.07, 6.45) is 3.25. The van der Waals surface area contributed by atoms with Gasteiger partial charge in [-0.3, -0.25) is 4.79 Å². The SMILES string of the molecule is COc1ccc(C2CCCCN(C(=O)COc3ccc(-c4ccccc4)cc3)C2)cc1. The minimum absolute atomic E-state index is 0.0487. The van der Waals surface area contributed by atoms with Gasteiger partial charge < -0.3 is 14.4 Å². The summed E-state index contributed by atoms with van der Waals surface area (Å²) >= 11 is 0. The summed E-state index contributed by atoms with van der Waals surface area (Å²) in [5.41, 5.74) is 3.56. The first kappa shape index (κ1) is 21.0. The number of benzene rings is 3. The molecular formula is C27H29NO3. The topological polar surface area (TPSA) is 38.8 Å². The Morgan fingerprint density at radius 2 is 1.55 bits per heavy atom. The van der Waals surface area contributed by atoms with Gasteiger partial charge in [-0.2, -0.15) is 0 Å². The second-order valence-electron chi connectivity index (χ2n) is 7.98. The van der Waals surface area contributed by atoms with Crippen molar-refractivity contribution in [3.05, 3.63) is 84.4 Å². The third-order valence-corrected chi connectivity index (χ3v) is 5.94. The number of hydrogen-bond donors (Lipinski definition) is 0. The summed E-state index contributed by atoms with van der Waals surface area (Å²) in [5.74, 6) is 1.97. The first-order valence-electron chi connectivity index (χ1n) is 10.9. The van der Waals surface area contributed by atoms with Crippen LogP contribution in [0.5, 0.6) is 11.5 Å². The molecule has 160 valence electrons. The normalized spacial score (nSPS) is 16.4. The summed E-state index contributed by atoms with van der Waals surface area (Å²) in [5, 5.41) is 0. The van der Waals surface area contributed by atoms with E-state index in [0.717, 1.165) is 49.4 Å². The van der Waals surface area contributed by atoms with Crippen LogP contribution in [0, 0.1) is 0 Å². The average molecular weight is 416 g/mol. The molecule has 3 aromatic carbocycles. The molecule has 1 aliphatic heterocycles. The molecule has 0 aliphatic carbocycles. The van der Waals surface area contributed by atoms with E-state index in [1.165, 1.54) is 11.1 Å². The van der Waals surface area contributed by atoms with E-state index in [1.54, 1.807) is 7.11 Å². The van der Waals surface area contributed by atoms with Crippen LogP contribution < -0.4 is 9.47 Å². The summed E-state index contributed by atoms with van der Waals surface area (Å²) in [6, 6.07) is 26.4. The Morgan fingerprint density at radius 1 is 0.871 bits per heavy atom. The Bertz CT molecular complexity index is 968. The fourth-order valence-corrected chi connectivity index (χ4v) is 4.13. The highest BCUT2D eigenvalue weighted by atomic mass is 16.5. The fraction of sp³-hybridized carbons (Fsp3) is 0.296. The number of likely N-dealkylation sites (tertiary alicyclic amines) is 1. The molecule has 1 fully saturated rings. The van der Waals surface area contributed by atoms with Gasteiger partial charge >= 0.3 is 0 Å². The first-order chi connectivity index (χ1) is 15.2. The Labute approximate surface area is 184 Å². The number of methoxy groups -OCH3 is 1. The van der Waals surface area contributed by atoms with Gasteiger partial charge in [0.05, 0.1) is 7.11 Å². The lowest BCUT2D eigenvalue weighted by Crippen LogP contribution is -2.37. The quantitative estimate of drug-likeness (QED) is 0.531. The van der Waals surface area contributed by atoms with E-state index in [2.05, 4.69) is 24.3 Å². The van der Waals surface area contributed by atoms with E-state index < -0.39 is 0 Å². The highest BCUT2D eigenvalue weighted by molar-refractivity contribution is 5.78. The maximum Gasteiger partial charge on any atom is 0.260 e. The summed E-state index contributed by atoms with van der Waals surface area (Å²) in [7, 11) is 1.68. The third-order valence-electron chi connectivity index (χ3n) is 5.94. The van der Waals surface area contributed by atoms with Crippen LogP contribution >= 0.6 is 0 Å². The molecule has 4 rings (SSSR count). The van der Waals surface area contributed by atoms with Gasteiger partial charge in [0, 0.05) is 19.0 Å². The smallest absolute Gasteiger partial charge is 0.260 e. The maximum absolute atomic E-state index is 12.9. The van der Waals surface area contributed by atoms with Gasteiger partial charge in [-0.1, -0.05) is 61.0 Å². The molecule has 1 heterocycles. The first-order valence-corrected chi connectivity index (χ1v) is 10.9. The number of hydrogen-bond acceptors (Lipinski definition) is 3. The Kier molecular flexibility index (Phi) is 6.88. The predicted octanol–water partition coefficient (Wildman–Crippen LogP) is 5.54. The van der Waals surface area contributed by atoms with E-state index >= 15 is 0 Å². The van der Waals surface area contributed by atoms with Crippen molar-refractivity contribution < 1.29 is 14.3 Å². The summed E-state index contributed by atoms with van der Waals surface area (Å²) < 4.78 is 11.1. The highest BCUT2D eigenvalue weighted by Crippen LogP contribution is 2.28. The number of carbonyl (C=O) groups excluding carboxylic acids is 1. The summed E-state index contributed by atoms with van der Waals surface area (Å²) in [6.45, 7) is 1.60. The molecule has 4 nitrogen and oxygen atoms in total. The number of rotatable bonds is 6. The zero-order chi connectivity index (χ0) is 21.5. The Balaban J connectivity index is 1.35. The average Bonchev–Trinajstić information content (AvgIpc) is 3.10. The standard InChI is InChI=1S/C27H29NO3/c1-30-25-14-10-23(11-15-25)24-9-5-6-18-28(19-24)27(29)20-31-26-16-12-22(13-17-26)21-7-3-2-4-8-21/h2-4,7-8,10-17,24H,5-6,9,18-20H2,1H3. The third kappa shape index (κ3) is 5.46. The molecule has 1 atom stereocenters. The van der Waals surface area contributed by atoms with Gasteiger partial charge in [0.2, 0.25) is 0 Å². The lowest BCUT2D eigenvalue weighted by Gasteiger charge is -2.25. The van der Waals surface area contributed by atoms with Gasteiger partial charge in [-0.25, -0.2) is 0 Å². The van der Waals surface area contributed by atoms with Crippen molar-refractivity contribution in [2.24, 2.45) is 0 Å². The zero-order valence-corrected chi connectivity index (χ0v) is 18.0. The van der Waals surface area contributed by atoms with Crippen LogP contribution in [0.4, 0.5) is 0 Å². The van der Waals surface area contributed by atoms with Crippen molar-refractivity contribution in [2.75, 3.05) is 26.8 Å². The van der Waals surface area contributed by atoms with E-state index in [0.29, 0.717) is 5.92 Å². The lowest BCUT2D eigenvalue weighted by atomic mass is 9.94. The van der Waals surface area contributed by atoms with Crippen LogP contribution in [-0.4, -0.2) is 37.6 Å². The number of amides is 1. The molecule has 0 radical (unpaired) electrons. The maximum atomic E-state index is 12.9. The molecule has 31 heavy (non-hydrogen) atoms. The van der Waals surface area contributed by atoms with Gasteiger partial charge in [-0.15, -0.1) is 0 Å². The fourth-order valence-electron chi connectivity index (χ4n) is 4.13. The number of ether oxygens (including phenoxy) is 2. The van der Waals surface area contributed by atoms with E-state index in [9.17, 15) is 4.79 Å². The second-order valence-corrected chi connectivity index (χ2v) is 7.98. The predicted molar refractivity (Wildman–Crippen MR) is 124 cm³/mol. The van der Waals surface area contributed by atoms with E-state index in [4.69, 9.17) is 9.47 Å². The Morgan fingerprint density at radius 3 is 2.26 bits per heavy atom. The van der Waals surface area contributed by atoms with Crippen LogP contribution in [-0.2, 0) is 4.79 Å². The van der Waals surface area contributed by atoms with Crippen LogP contribution in [0.3, 0.4) is 0 Å². The van der Waals surface area contributed by atoms with Crippen LogP contribution in [0.1, 0.15) is 30.7 Å². The Hall–Kier alpha value is -3.27. The van der Waals surface area contributed by atoms with Crippen molar-refractivity contribution in [1.82, 2.24) is 4.90 Å². The highest BCUT2D eigenvalue weighted by Gasteiger charge is 2.23. The number of carbonyl (C=O) groups is 1. The van der Waals surface area contributed by atoms with Crippen molar-refractivity contribution in [2.45, 2.75) is 25.2 Å². The molecule has 4 heteroatoms. The van der Waals surface area contributed by atoms with Gasteiger partial charge in [0.15, 0.2) is 6.61 Å². The van der Waals surface area contributed by atoms with Crippen LogP contribution in [0.2, 0.25) is 0 Å². The van der Waals surface area contributed by atoms with Gasteiger partial charge in [0.25, 0.3) is 5.91 Å². The summed E-state index contributed by atoms with van der Waals surface area (Å²) in [4.78, 5) is 14.8. The molecule has 1 aliphatic rings. The molecule has 0 aromatic heterocycles. The molecule has 1 unspecified atom stereocenters. The van der Waals surface area contributed by atoms with Crippen molar-refractivity contribution in [1.29, 1.82) is 0 Å². The largest absolute Gasteiger partial charge is 0.497 e. The number of nitrogens with zero attached hydrogens (tertiary/aromatic N) is 1. The zero-order valence-electron chi connectivity index (χ0n) is 18.0. The molecule has 0 spiro atoms. The van der Waals surface area contributed by atoms with Crippen LogP contribution in [0.15, 0.2) is 78.9 Å². The van der Waals surface area contributed by atoms with Crippen molar-refractivity contribution in [3.63, 3.8) is 0 Å². The second kappa shape index (κ2) is 10.2. The van der Waals surface area contributed by atoms with E-state index in [1.807, 2.05) is 59.5 Å². The molecule has 1 saturated heterocycles. The molecule has 0 bridgehead atoms. The minimum atomic E-state index is 0.0487. The molecular weight excluding hydrogens is 386 g/mol. The molecule has 0 N–H and O–H groups in total. The lowest BCUT2D eigenvalue weighted by molar-refractivity contribution is -0.133. The van der Waals surface area contributed by atoms with Gasteiger partial charge in [-0.05, 0) is 53.8 Å². The molecule has 3 aromatic rings. The molecule has 0 saturated carbocycles.